The van der Waals surface area contributed by atoms with Crippen LogP contribution in [0.1, 0.15) is 5.56 Å². The number of likely N-dealkylation sites (tertiary alicyclic amines) is 1. The molecule has 0 aliphatic carbocycles. The Bertz CT molecular complexity index is 498. The highest BCUT2D eigenvalue weighted by Crippen LogP contribution is 2.41. The van der Waals surface area contributed by atoms with Gasteiger partial charge >= 0.3 is 6.09 Å². The SMILES string of the molecule is O=CC1CN(C(=O)OCc2ccccc2)CC12COC2. The molecule has 0 N–H and O–H groups in total. The molecule has 2 aliphatic rings. The van der Waals surface area contributed by atoms with Gasteiger partial charge in [-0.3, -0.25) is 0 Å². The normalized spacial score (nSPS) is 23.4. The van der Waals surface area contributed by atoms with Crippen LogP contribution < -0.4 is 0 Å². The van der Waals surface area contributed by atoms with Crippen molar-refractivity contribution in [3.8, 4) is 0 Å². The van der Waals surface area contributed by atoms with Gasteiger partial charge in [0.15, 0.2) is 0 Å². The highest BCUT2D eigenvalue weighted by Gasteiger charge is 2.53. The molecule has 0 aromatic heterocycles. The fourth-order valence-corrected chi connectivity index (χ4v) is 2.80. The summed E-state index contributed by atoms with van der Waals surface area (Å²) in [6, 6.07) is 9.55. The van der Waals surface area contributed by atoms with E-state index in [4.69, 9.17) is 9.47 Å². The number of aldehydes is 1. The summed E-state index contributed by atoms with van der Waals surface area (Å²) in [5.74, 6) is -0.138. The fraction of sp³-hybridized carbons (Fsp3) is 0.467. The monoisotopic (exact) mass is 275 g/mol. The van der Waals surface area contributed by atoms with Crippen molar-refractivity contribution in [2.45, 2.75) is 6.61 Å². The molecule has 3 rings (SSSR count). The first kappa shape index (κ1) is 13.1. The summed E-state index contributed by atoms with van der Waals surface area (Å²) >= 11 is 0. The minimum atomic E-state index is -0.357. The summed E-state index contributed by atoms with van der Waals surface area (Å²) in [6.45, 7) is 2.34. The molecule has 1 atom stereocenters. The number of nitrogens with zero attached hydrogens (tertiary/aromatic N) is 1. The number of rotatable bonds is 3. The number of hydrogen-bond donors (Lipinski definition) is 0. The summed E-state index contributed by atoms with van der Waals surface area (Å²) in [5, 5.41) is 0. The first-order valence-corrected chi connectivity index (χ1v) is 6.72. The molecule has 1 amide bonds. The molecular weight excluding hydrogens is 258 g/mol. The number of ether oxygens (including phenoxy) is 2. The van der Waals surface area contributed by atoms with Crippen LogP contribution in [0.25, 0.3) is 0 Å². The topological polar surface area (TPSA) is 55.8 Å². The van der Waals surface area contributed by atoms with Gasteiger partial charge in [0.1, 0.15) is 12.9 Å². The third-order valence-electron chi connectivity index (χ3n) is 4.12. The molecule has 2 heterocycles. The Hall–Kier alpha value is -1.88. The van der Waals surface area contributed by atoms with E-state index in [1.165, 1.54) is 0 Å². The summed E-state index contributed by atoms with van der Waals surface area (Å²) in [5.41, 5.74) is 0.779. The van der Waals surface area contributed by atoms with Crippen molar-refractivity contribution in [3.63, 3.8) is 0 Å². The molecule has 0 saturated carbocycles. The number of hydrogen-bond acceptors (Lipinski definition) is 4. The Kier molecular flexibility index (Phi) is 3.44. The maximum Gasteiger partial charge on any atom is 0.410 e. The Morgan fingerprint density at radius 1 is 1.40 bits per heavy atom. The van der Waals surface area contributed by atoms with Gasteiger partial charge in [0, 0.05) is 24.4 Å². The molecule has 0 radical (unpaired) electrons. The van der Waals surface area contributed by atoms with Crippen LogP contribution >= 0.6 is 0 Å². The molecule has 1 spiro atoms. The highest BCUT2D eigenvalue weighted by molar-refractivity contribution is 5.70. The average molecular weight is 275 g/mol. The van der Waals surface area contributed by atoms with E-state index < -0.39 is 0 Å². The molecule has 2 fully saturated rings. The van der Waals surface area contributed by atoms with Gasteiger partial charge in [0.05, 0.1) is 13.2 Å². The zero-order valence-corrected chi connectivity index (χ0v) is 11.2. The second kappa shape index (κ2) is 5.25. The average Bonchev–Trinajstić information content (AvgIpc) is 2.86. The molecular formula is C15H17NO4. The van der Waals surface area contributed by atoms with Gasteiger partial charge in [-0.2, -0.15) is 0 Å². The van der Waals surface area contributed by atoms with Crippen LogP contribution in [0.4, 0.5) is 4.79 Å². The number of benzene rings is 1. The second-order valence-corrected chi connectivity index (χ2v) is 5.52. The maximum absolute atomic E-state index is 12.1. The Labute approximate surface area is 117 Å². The predicted molar refractivity (Wildman–Crippen MR) is 71.0 cm³/mol. The van der Waals surface area contributed by atoms with Gasteiger partial charge in [-0.15, -0.1) is 0 Å². The number of amides is 1. The van der Waals surface area contributed by atoms with Gasteiger partial charge in [0.2, 0.25) is 0 Å². The lowest BCUT2D eigenvalue weighted by Gasteiger charge is -2.40. The smallest absolute Gasteiger partial charge is 0.410 e. The minimum Gasteiger partial charge on any atom is -0.445 e. The Balaban J connectivity index is 1.57. The van der Waals surface area contributed by atoms with Crippen LogP contribution in [-0.2, 0) is 20.9 Å². The summed E-state index contributed by atoms with van der Waals surface area (Å²) in [7, 11) is 0. The van der Waals surface area contributed by atoms with Crippen LogP contribution in [0.3, 0.4) is 0 Å². The van der Waals surface area contributed by atoms with E-state index in [1.54, 1.807) is 4.90 Å². The second-order valence-electron chi connectivity index (χ2n) is 5.52. The zero-order valence-electron chi connectivity index (χ0n) is 11.2. The summed E-state index contributed by atoms with van der Waals surface area (Å²) in [4.78, 5) is 24.8. The number of carbonyl (C=O) groups excluding carboxylic acids is 2. The van der Waals surface area contributed by atoms with E-state index in [1.807, 2.05) is 30.3 Å². The lowest BCUT2D eigenvalue weighted by Crippen LogP contribution is -2.49. The number of carbonyl (C=O) groups is 2. The van der Waals surface area contributed by atoms with Crippen LogP contribution in [0.2, 0.25) is 0 Å². The first-order valence-electron chi connectivity index (χ1n) is 6.72. The van der Waals surface area contributed by atoms with Crippen molar-refractivity contribution in [1.82, 2.24) is 4.90 Å². The molecule has 0 bridgehead atoms. The molecule has 2 aliphatic heterocycles. The fourth-order valence-electron chi connectivity index (χ4n) is 2.80. The molecule has 20 heavy (non-hydrogen) atoms. The third kappa shape index (κ3) is 2.29. The summed E-state index contributed by atoms with van der Waals surface area (Å²) < 4.78 is 10.5. The van der Waals surface area contributed by atoms with Crippen molar-refractivity contribution in [2.75, 3.05) is 26.3 Å². The van der Waals surface area contributed by atoms with Crippen LogP contribution in [-0.4, -0.2) is 43.6 Å². The van der Waals surface area contributed by atoms with Gasteiger partial charge in [-0.1, -0.05) is 30.3 Å². The molecule has 5 heteroatoms. The standard InChI is InChI=1S/C15H17NO4/c17-7-13-6-16(9-15(13)10-19-11-15)14(18)20-8-12-4-2-1-3-5-12/h1-5,7,13H,6,8-11H2. The van der Waals surface area contributed by atoms with Crippen LogP contribution in [0, 0.1) is 11.3 Å². The Morgan fingerprint density at radius 2 is 2.15 bits per heavy atom. The van der Waals surface area contributed by atoms with E-state index in [2.05, 4.69) is 0 Å². The largest absolute Gasteiger partial charge is 0.445 e. The lowest BCUT2D eigenvalue weighted by atomic mass is 9.77. The van der Waals surface area contributed by atoms with Crippen LogP contribution in [0.15, 0.2) is 30.3 Å². The molecule has 106 valence electrons. The van der Waals surface area contributed by atoms with E-state index >= 15 is 0 Å². The van der Waals surface area contributed by atoms with E-state index in [0.29, 0.717) is 26.3 Å². The van der Waals surface area contributed by atoms with Crippen molar-refractivity contribution < 1.29 is 19.1 Å². The van der Waals surface area contributed by atoms with E-state index in [0.717, 1.165) is 11.8 Å². The lowest BCUT2D eigenvalue weighted by molar-refractivity contribution is -0.140. The highest BCUT2D eigenvalue weighted by atomic mass is 16.6. The maximum atomic E-state index is 12.1. The van der Waals surface area contributed by atoms with Gasteiger partial charge in [0.25, 0.3) is 0 Å². The van der Waals surface area contributed by atoms with Crippen molar-refractivity contribution in [2.24, 2.45) is 11.3 Å². The molecule has 1 unspecified atom stereocenters. The Morgan fingerprint density at radius 3 is 2.70 bits per heavy atom. The molecule has 1 aromatic carbocycles. The molecule has 2 saturated heterocycles. The van der Waals surface area contributed by atoms with E-state index in [-0.39, 0.29) is 24.0 Å². The van der Waals surface area contributed by atoms with Gasteiger partial charge < -0.3 is 19.2 Å². The predicted octanol–water partition coefficient (Wildman–Crippen LogP) is 1.47. The van der Waals surface area contributed by atoms with Crippen LogP contribution in [0.5, 0.6) is 0 Å². The minimum absolute atomic E-state index is 0.138. The van der Waals surface area contributed by atoms with Gasteiger partial charge in [-0.05, 0) is 5.56 Å². The first-order chi connectivity index (χ1) is 9.73. The molecule has 1 aromatic rings. The van der Waals surface area contributed by atoms with Crippen molar-refractivity contribution in [3.05, 3.63) is 35.9 Å². The zero-order chi connectivity index (χ0) is 14.0. The molecule has 5 nitrogen and oxygen atoms in total. The van der Waals surface area contributed by atoms with Gasteiger partial charge in [-0.25, -0.2) is 4.79 Å². The van der Waals surface area contributed by atoms with Crippen molar-refractivity contribution >= 4 is 12.4 Å². The third-order valence-corrected chi connectivity index (χ3v) is 4.12. The quantitative estimate of drug-likeness (QED) is 0.784. The van der Waals surface area contributed by atoms with E-state index in [9.17, 15) is 9.59 Å². The van der Waals surface area contributed by atoms with Crippen molar-refractivity contribution in [1.29, 1.82) is 0 Å². The summed E-state index contributed by atoms with van der Waals surface area (Å²) in [6.07, 6.45) is 0.581.